The zero-order valence-electron chi connectivity index (χ0n) is 14.2. The molecule has 0 radical (unpaired) electrons. The first-order valence-corrected chi connectivity index (χ1v) is 8.57. The Hall–Kier alpha value is -3.16. The van der Waals surface area contributed by atoms with Crippen molar-refractivity contribution in [1.82, 2.24) is 15.1 Å². The molecule has 0 aliphatic rings. The number of benzene rings is 1. The molecule has 0 saturated heterocycles. The fourth-order valence-electron chi connectivity index (χ4n) is 2.88. The Morgan fingerprint density at radius 3 is 2.54 bits per heavy atom. The molecule has 8 heteroatoms. The molecule has 0 amide bonds. The van der Waals surface area contributed by atoms with Gasteiger partial charge in [-0.1, -0.05) is 22.8 Å². The second-order valence-corrected chi connectivity index (χ2v) is 6.35. The summed E-state index contributed by atoms with van der Waals surface area (Å²) >= 11 is 6.23. The van der Waals surface area contributed by atoms with Gasteiger partial charge in [0.15, 0.2) is 5.76 Å². The number of rotatable bonds is 4. The fraction of sp³-hybridized carbons (Fsp3) is 0.0500. The molecule has 1 N–H and O–H groups in total. The number of pyridine rings is 2. The summed E-state index contributed by atoms with van der Waals surface area (Å²) in [5, 5.41) is 15.3. The van der Waals surface area contributed by atoms with Gasteiger partial charge in [-0.25, -0.2) is 8.78 Å². The van der Waals surface area contributed by atoms with Crippen molar-refractivity contribution in [2.24, 2.45) is 0 Å². The molecular formula is C20H12ClF2N3O2. The minimum Gasteiger partial charge on any atom is -0.383 e. The average molecular weight is 400 g/mol. The molecule has 0 aliphatic carbocycles. The smallest absolute Gasteiger partial charge is 0.176 e. The van der Waals surface area contributed by atoms with Crippen molar-refractivity contribution < 1.29 is 18.4 Å². The van der Waals surface area contributed by atoms with Crippen LogP contribution in [0.2, 0.25) is 5.02 Å². The summed E-state index contributed by atoms with van der Waals surface area (Å²) in [7, 11) is 0. The van der Waals surface area contributed by atoms with Crippen LogP contribution < -0.4 is 0 Å². The van der Waals surface area contributed by atoms with Gasteiger partial charge in [0.05, 0.1) is 16.1 Å². The van der Waals surface area contributed by atoms with Gasteiger partial charge in [-0.05, 0) is 24.3 Å². The maximum Gasteiger partial charge on any atom is 0.176 e. The van der Waals surface area contributed by atoms with E-state index in [-0.39, 0.29) is 27.6 Å². The Bertz CT molecular complexity index is 1140. The number of aliphatic hydroxyl groups is 1. The Labute approximate surface area is 163 Å². The van der Waals surface area contributed by atoms with Crippen LogP contribution in [0.5, 0.6) is 0 Å². The highest BCUT2D eigenvalue weighted by Crippen LogP contribution is 2.41. The van der Waals surface area contributed by atoms with E-state index in [9.17, 15) is 13.9 Å². The first-order valence-electron chi connectivity index (χ1n) is 8.19. The number of hydrogen-bond donors (Lipinski definition) is 1. The summed E-state index contributed by atoms with van der Waals surface area (Å²) < 4.78 is 33.1. The van der Waals surface area contributed by atoms with Crippen molar-refractivity contribution in [3.8, 4) is 22.6 Å². The van der Waals surface area contributed by atoms with Gasteiger partial charge < -0.3 is 9.63 Å². The van der Waals surface area contributed by atoms with Crippen molar-refractivity contribution in [2.45, 2.75) is 6.10 Å². The predicted octanol–water partition coefficient (Wildman–Crippen LogP) is 4.81. The molecule has 0 saturated carbocycles. The van der Waals surface area contributed by atoms with E-state index >= 15 is 0 Å². The highest BCUT2D eigenvalue weighted by atomic mass is 35.5. The van der Waals surface area contributed by atoms with E-state index in [2.05, 4.69) is 15.1 Å². The number of aromatic nitrogens is 3. The van der Waals surface area contributed by atoms with Gasteiger partial charge in [0, 0.05) is 42.0 Å². The predicted molar refractivity (Wildman–Crippen MR) is 98.4 cm³/mol. The van der Waals surface area contributed by atoms with Gasteiger partial charge in [-0.15, -0.1) is 0 Å². The normalized spacial score (nSPS) is 12.1. The van der Waals surface area contributed by atoms with Crippen LogP contribution in [0.4, 0.5) is 8.78 Å². The van der Waals surface area contributed by atoms with E-state index in [0.29, 0.717) is 11.1 Å². The lowest BCUT2D eigenvalue weighted by Crippen LogP contribution is -2.03. The average Bonchev–Trinajstić information content (AvgIpc) is 3.13. The highest BCUT2D eigenvalue weighted by molar-refractivity contribution is 6.33. The highest BCUT2D eigenvalue weighted by Gasteiger charge is 2.29. The van der Waals surface area contributed by atoms with Gasteiger partial charge in [0.1, 0.15) is 23.4 Å². The van der Waals surface area contributed by atoms with Gasteiger partial charge in [0.25, 0.3) is 0 Å². The maximum absolute atomic E-state index is 14.4. The zero-order chi connectivity index (χ0) is 19.7. The van der Waals surface area contributed by atoms with E-state index < -0.39 is 17.7 Å². The summed E-state index contributed by atoms with van der Waals surface area (Å²) in [5.74, 6) is -1.60. The zero-order valence-corrected chi connectivity index (χ0v) is 14.9. The lowest BCUT2D eigenvalue weighted by Gasteiger charge is -2.13. The third-order valence-electron chi connectivity index (χ3n) is 4.20. The first-order chi connectivity index (χ1) is 13.6. The maximum atomic E-state index is 14.4. The first kappa shape index (κ1) is 18.2. The Kier molecular flexibility index (Phi) is 4.85. The van der Waals surface area contributed by atoms with Gasteiger partial charge in [0.2, 0.25) is 0 Å². The van der Waals surface area contributed by atoms with Crippen LogP contribution in [0.3, 0.4) is 0 Å². The number of aliphatic hydroxyl groups excluding tert-OH is 1. The number of nitrogens with zero attached hydrogens (tertiary/aromatic N) is 3. The summed E-state index contributed by atoms with van der Waals surface area (Å²) in [5.41, 5.74) is 1.27. The largest absolute Gasteiger partial charge is 0.383 e. The third kappa shape index (κ3) is 3.26. The lowest BCUT2D eigenvalue weighted by atomic mass is 9.95. The van der Waals surface area contributed by atoms with Crippen molar-refractivity contribution >= 4 is 11.6 Å². The van der Waals surface area contributed by atoms with Crippen LogP contribution in [0.1, 0.15) is 17.2 Å². The molecule has 140 valence electrons. The van der Waals surface area contributed by atoms with Gasteiger partial charge >= 0.3 is 0 Å². The SMILES string of the molecule is OC(c1cccnc1)c1c(-c2ccncc2Cl)noc1-c1ccc(F)cc1F. The molecule has 0 bridgehead atoms. The molecule has 5 nitrogen and oxygen atoms in total. The molecule has 0 spiro atoms. The molecule has 0 fully saturated rings. The van der Waals surface area contributed by atoms with Crippen LogP contribution >= 0.6 is 11.6 Å². The summed E-state index contributed by atoms with van der Waals surface area (Å²) in [6.45, 7) is 0. The second kappa shape index (κ2) is 7.46. The summed E-state index contributed by atoms with van der Waals surface area (Å²) in [6, 6.07) is 7.97. The van der Waals surface area contributed by atoms with E-state index in [0.717, 1.165) is 12.1 Å². The molecular weight excluding hydrogens is 388 g/mol. The monoisotopic (exact) mass is 399 g/mol. The second-order valence-electron chi connectivity index (χ2n) is 5.94. The Morgan fingerprint density at radius 2 is 1.82 bits per heavy atom. The van der Waals surface area contributed by atoms with Crippen LogP contribution in [0.25, 0.3) is 22.6 Å². The molecule has 1 unspecified atom stereocenters. The molecule has 28 heavy (non-hydrogen) atoms. The van der Waals surface area contributed by atoms with Crippen LogP contribution in [-0.2, 0) is 0 Å². The van der Waals surface area contributed by atoms with Gasteiger partial charge in [-0.3, -0.25) is 9.97 Å². The molecule has 4 aromatic rings. The van der Waals surface area contributed by atoms with Crippen LogP contribution in [-0.4, -0.2) is 20.2 Å². The molecule has 1 atom stereocenters. The van der Waals surface area contributed by atoms with Crippen molar-refractivity contribution in [1.29, 1.82) is 0 Å². The third-order valence-corrected chi connectivity index (χ3v) is 4.51. The minimum atomic E-state index is -1.24. The molecule has 3 heterocycles. The van der Waals surface area contributed by atoms with Crippen molar-refractivity contribution in [3.05, 3.63) is 89.0 Å². The van der Waals surface area contributed by atoms with E-state index in [1.54, 1.807) is 24.4 Å². The molecule has 4 rings (SSSR count). The summed E-state index contributed by atoms with van der Waals surface area (Å²) in [4.78, 5) is 7.92. The Balaban J connectivity index is 1.96. The van der Waals surface area contributed by atoms with E-state index in [1.165, 1.54) is 24.7 Å². The van der Waals surface area contributed by atoms with Crippen molar-refractivity contribution in [2.75, 3.05) is 0 Å². The quantitative estimate of drug-likeness (QED) is 0.533. The fourth-order valence-corrected chi connectivity index (χ4v) is 3.09. The molecule has 3 aromatic heterocycles. The topological polar surface area (TPSA) is 72.0 Å². The standard InChI is InChI=1S/C20H12ClF2N3O2/c21-15-10-25-7-5-13(15)18-17(19(27)11-2-1-6-24-9-11)20(28-26-18)14-4-3-12(22)8-16(14)23/h1-10,19,27H. The Morgan fingerprint density at radius 1 is 1.00 bits per heavy atom. The van der Waals surface area contributed by atoms with Crippen LogP contribution in [0.15, 0.2) is 65.7 Å². The number of hydrogen-bond acceptors (Lipinski definition) is 5. The summed E-state index contributed by atoms with van der Waals surface area (Å²) in [6.07, 6.45) is 4.72. The molecule has 0 aliphatic heterocycles. The molecule has 1 aromatic carbocycles. The van der Waals surface area contributed by atoms with Gasteiger partial charge in [-0.2, -0.15) is 0 Å². The number of halogens is 3. The van der Waals surface area contributed by atoms with E-state index in [4.69, 9.17) is 16.1 Å². The lowest BCUT2D eigenvalue weighted by molar-refractivity contribution is 0.220. The minimum absolute atomic E-state index is 0.0308. The van der Waals surface area contributed by atoms with Crippen LogP contribution in [0, 0.1) is 11.6 Å². The van der Waals surface area contributed by atoms with Crippen molar-refractivity contribution in [3.63, 3.8) is 0 Å². The van der Waals surface area contributed by atoms with E-state index in [1.807, 2.05) is 0 Å².